The van der Waals surface area contributed by atoms with Gasteiger partial charge >= 0.3 is 6.36 Å². The van der Waals surface area contributed by atoms with Gasteiger partial charge in [-0.05, 0) is 50.2 Å². The molecule has 7 nitrogen and oxygen atoms in total. The molecule has 0 aromatic heterocycles. The van der Waals surface area contributed by atoms with Crippen LogP contribution in [-0.4, -0.2) is 61.7 Å². The Bertz CT molecular complexity index is 1150. The Kier molecular flexibility index (Phi) is 7.08. The summed E-state index contributed by atoms with van der Waals surface area (Å²) >= 11 is 0. The van der Waals surface area contributed by atoms with Gasteiger partial charge in [-0.2, -0.15) is 4.31 Å². The minimum absolute atomic E-state index is 0.00597. The Morgan fingerprint density at radius 3 is 2.03 bits per heavy atom. The van der Waals surface area contributed by atoms with Crippen LogP contribution in [0.3, 0.4) is 0 Å². The zero-order chi connectivity index (χ0) is 25.3. The number of ether oxygens (including phenoxy) is 2. The van der Waals surface area contributed by atoms with Crippen LogP contribution in [0.25, 0.3) is 0 Å². The standard InChI is InChI=1S/C21H21F5N2O5S/c1-20(2,33-18-8-3-14(22)13-17(18)23)19(29)27-9-11-28(12-10-27)34(30,31)16-6-4-15(5-7-16)32-21(24,25)26/h3-8,13H,9-12H2,1-2H3. The molecular weight excluding hydrogens is 487 g/mol. The average Bonchev–Trinajstić information content (AvgIpc) is 2.74. The summed E-state index contributed by atoms with van der Waals surface area (Å²) in [6, 6.07) is 6.48. The molecule has 0 unspecified atom stereocenters. The number of hydrogen-bond donors (Lipinski definition) is 0. The van der Waals surface area contributed by atoms with Crippen molar-refractivity contribution in [1.29, 1.82) is 0 Å². The topological polar surface area (TPSA) is 76.2 Å². The molecule has 34 heavy (non-hydrogen) atoms. The number of sulfonamides is 1. The van der Waals surface area contributed by atoms with E-state index < -0.39 is 45.3 Å². The monoisotopic (exact) mass is 508 g/mol. The Morgan fingerprint density at radius 1 is 0.912 bits per heavy atom. The van der Waals surface area contributed by atoms with Crippen LogP contribution in [0.4, 0.5) is 22.0 Å². The molecule has 1 amide bonds. The van der Waals surface area contributed by atoms with Gasteiger partial charge in [0.05, 0.1) is 4.90 Å². The summed E-state index contributed by atoms with van der Waals surface area (Å²) in [6.45, 7) is 2.68. The first-order valence-corrected chi connectivity index (χ1v) is 11.4. The number of piperazine rings is 1. The van der Waals surface area contributed by atoms with Crippen LogP contribution in [0.5, 0.6) is 11.5 Å². The van der Waals surface area contributed by atoms with Crippen molar-refractivity contribution < 1.29 is 44.6 Å². The molecule has 1 aliphatic rings. The van der Waals surface area contributed by atoms with E-state index in [0.29, 0.717) is 6.07 Å². The van der Waals surface area contributed by atoms with E-state index in [0.717, 1.165) is 40.7 Å². The van der Waals surface area contributed by atoms with Crippen LogP contribution < -0.4 is 9.47 Å². The number of carbonyl (C=O) groups is 1. The minimum atomic E-state index is -4.90. The second kappa shape index (κ2) is 9.37. The van der Waals surface area contributed by atoms with Crippen molar-refractivity contribution in [2.75, 3.05) is 26.2 Å². The highest BCUT2D eigenvalue weighted by Crippen LogP contribution is 2.27. The van der Waals surface area contributed by atoms with Gasteiger partial charge in [-0.25, -0.2) is 17.2 Å². The zero-order valence-corrected chi connectivity index (χ0v) is 18.9. The molecule has 1 heterocycles. The highest BCUT2D eigenvalue weighted by Gasteiger charge is 2.38. The molecule has 2 aromatic carbocycles. The van der Waals surface area contributed by atoms with Crippen LogP contribution in [0.2, 0.25) is 0 Å². The third-order valence-electron chi connectivity index (χ3n) is 5.00. The minimum Gasteiger partial charge on any atom is -0.475 e. The number of rotatable bonds is 6. The number of benzene rings is 2. The maximum Gasteiger partial charge on any atom is 0.573 e. The van der Waals surface area contributed by atoms with Crippen molar-refractivity contribution in [2.24, 2.45) is 0 Å². The normalized spacial score (nSPS) is 15.8. The molecule has 3 rings (SSSR count). The lowest BCUT2D eigenvalue weighted by Gasteiger charge is -2.38. The second-order valence-corrected chi connectivity index (χ2v) is 9.84. The largest absolute Gasteiger partial charge is 0.573 e. The summed E-state index contributed by atoms with van der Waals surface area (Å²) in [6.07, 6.45) is -4.90. The highest BCUT2D eigenvalue weighted by atomic mass is 32.2. The van der Waals surface area contributed by atoms with Crippen molar-refractivity contribution in [3.63, 3.8) is 0 Å². The molecule has 1 saturated heterocycles. The number of alkyl halides is 3. The smallest absolute Gasteiger partial charge is 0.475 e. The summed E-state index contributed by atoms with van der Waals surface area (Å²) in [5.41, 5.74) is -1.52. The van der Waals surface area contributed by atoms with Gasteiger partial charge in [0.25, 0.3) is 5.91 Å². The maximum atomic E-state index is 13.9. The average molecular weight is 508 g/mol. The third-order valence-corrected chi connectivity index (χ3v) is 6.91. The maximum absolute atomic E-state index is 13.9. The molecule has 0 radical (unpaired) electrons. The van der Waals surface area contributed by atoms with E-state index >= 15 is 0 Å². The van der Waals surface area contributed by atoms with E-state index in [1.807, 2.05) is 0 Å². The van der Waals surface area contributed by atoms with Crippen LogP contribution in [0, 0.1) is 11.6 Å². The number of halogens is 5. The summed E-state index contributed by atoms with van der Waals surface area (Å²) < 4.78 is 99.8. The van der Waals surface area contributed by atoms with Gasteiger partial charge in [0.15, 0.2) is 17.2 Å². The Hall–Kier alpha value is -2.93. The second-order valence-electron chi connectivity index (χ2n) is 7.90. The van der Waals surface area contributed by atoms with Gasteiger partial charge in [0.2, 0.25) is 10.0 Å². The summed E-state index contributed by atoms with van der Waals surface area (Å²) in [7, 11) is -4.02. The van der Waals surface area contributed by atoms with Gasteiger partial charge in [-0.15, -0.1) is 13.2 Å². The number of amides is 1. The molecular formula is C21H21F5N2O5S. The van der Waals surface area contributed by atoms with Gasteiger partial charge in [-0.3, -0.25) is 4.79 Å². The molecule has 1 fully saturated rings. The Balaban J connectivity index is 1.64. The van der Waals surface area contributed by atoms with E-state index in [-0.39, 0.29) is 36.8 Å². The van der Waals surface area contributed by atoms with Crippen LogP contribution in [-0.2, 0) is 14.8 Å². The van der Waals surface area contributed by atoms with Crippen molar-refractivity contribution in [2.45, 2.75) is 30.7 Å². The first-order chi connectivity index (χ1) is 15.7. The molecule has 0 aliphatic carbocycles. The quantitative estimate of drug-likeness (QED) is 0.558. The fourth-order valence-electron chi connectivity index (χ4n) is 3.35. The van der Waals surface area contributed by atoms with Crippen LogP contribution in [0.15, 0.2) is 47.4 Å². The SMILES string of the molecule is CC(C)(Oc1ccc(F)cc1F)C(=O)N1CCN(S(=O)(=O)c2ccc(OC(F)(F)F)cc2)CC1. The lowest BCUT2D eigenvalue weighted by molar-refractivity contribution is -0.274. The van der Waals surface area contributed by atoms with Gasteiger partial charge < -0.3 is 14.4 Å². The fraction of sp³-hybridized carbons (Fsp3) is 0.381. The predicted octanol–water partition coefficient (Wildman–Crippen LogP) is 3.55. The fourth-order valence-corrected chi connectivity index (χ4v) is 4.77. The molecule has 0 atom stereocenters. The van der Waals surface area contributed by atoms with Crippen molar-refractivity contribution >= 4 is 15.9 Å². The lowest BCUT2D eigenvalue weighted by Crippen LogP contribution is -2.56. The summed E-state index contributed by atoms with van der Waals surface area (Å²) in [5.74, 6) is -3.15. The molecule has 2 aromatic rings. The molecule has 0 saturated carbocycles. The Labute approximate surface area is 192 Å². The molecule has 0 spiro atoms. The highest BCUT2D eigenvalue weighted by molar-refractivity contribution is 7.89. The first-order valence-electron chi connectivity index (χ1n) is 9.98. The van der Waals surface area contributed by atoms with E-state index in [9.17, 15) is 35.2 Å². The van der Waals surface area contributed by atoms with E-state index in [1.165, 1.54) is 18.7 Å². The van der Waals surface area contributed by atoms with Crippen molar-refractivity contribution in [3.8, 4) is 11.5 Å². The van der Waals surface area contributed by atoms with Gasteiger partial charge in [-0.1, -0.05) is 0 Å². The van der Waals surface area contributed by atoms with Crippen molar-refractivity contribution in [3.05, 3.63) is 54.1 Å². The van der Waals surface area contributed by atoms with Gasteiger partial charge in [0.1, 0.15) is 11.6 Å². The summed E-state index contributed by atoms with van der Waals surface area (Å²) in [4.78, 5) is 14.0. The number of hydrogen-bond acceptors (Lipinski definition) is 5. The number of nitrogens with zero attached hydrogens (tertiary/aromatic N) is 2. The van der Waals surface area contributed by atoms with E-state index in [2.05, 4.69) is 4.74 Å². The third kappa shape index (κ3) is 5.95. The van der Waals surface area contributed by atoms with Crippen LogP contribution in [0.1, 0.15) is 13.8 Å². The molecule has 1 aliphatic heterocycles. The molecule has 0 N–H and O–H groups in total. The Morgan fingerprint density at radius 2 is 1.50 bits per heavy atom. The predicted molar refractivity (Wildman–Crippen MR) is 110 cm³/mol. The molecule has 13 heteroatoms. The lowest BCUT2D eigenvalue weighted by atomic mass is 10.1. The van der Waals surface area contributed by atoms with Crippen molar-refractivity contribution in [1.82, 2.24) is 9.21 Å². The number of carbonyl (C=O) groups excluding carboxylic acids is 1. The zero-order valence-electron chi connectivity index (χ0n) is 18.1. The van der Waals surface area contributed by atoms with Crippen LogP contribution >= 0.6 is 0 Å². The van der Waals surface area contributed by atoms with Gasteiger partial charge in [0, 0.05) is 32.2 Å². The van der Waals surface area contributed by atoms with E-state index in [4.69, 9.17) is 4.74 Å². The van der Waals surface area contributed by atoms with E-state index in [1.54, 1.807) is 0 Å². The molecule has 186 valence electrons. The summed E-state index contributed by atoms with van der Waals surface area (Å²) in [5, 5.41) is 0. The molecule has 0 bridgehead atoms. The first kappa shape index (κ1) is 25.7.